The van der Waals surface area contributed by atoms with Crippen molar-refractivity contribution in [1.82, 2.24) is 10.6 Å². The molecule has 120 valence electrons. The van der Waals surface area contributed by atoms with E-state index in [0.29, 0.717) is 26.0 Å². The Kier molecular flexibility index (Phi) is 7.04. The molecule has 0 radical (unpaired) electrons. The van der Waals surface area contributed by atoms with Crippen molar-refractivity contribution in [3.05, 3.63) is 0 Å². The Labute approximate surface area is 131 Å². The molecule has 2 amide bonds. The Morgan fingerprint density at radius 1 is 1.33 bits per heavy atom. The summed E-state index contributed by atoms with van der Waals surface area (Å²) < 4.78 is 4.86. The maximum Gasteiger partial charge on any atom is 0.242 e. The van der Waals surface area contributed by atoms with Crippen LogP contribution >= 0.6 is 12.2 Å². The first-order chi connectivity index (χ1) is 9.94. The van der Waals surface area contributed by atoms with Crippen LogP contribution in [0.4, 0.5) is 0 Å². The molecule has 0 spiro atoms. The Balaban J connectivity index is 2.60. The number of nitrogens with one attached hydrogen (secondary N) is 2. The third-order valence-electron chi connectivity index (χ3n) is 3.96. The molecule has 4 N–H and O–H groups in total. The molecule has 1 rings (SSSR count). The lowest BCUT2D eigenvalue weighted by atomic mass is 9.73. The number of carbonyl (C=O) groups excluding carboxylic acids is 2. The summed E-state index contributed by atoms with van der Waals surface area (Å²) >= 11 is 5.11. The second kappa shape index (κ2) is 8.29. The fourth-order valence-corrected chi connectivity index (χ4v) is 2.87. The van der Waals surface area contributed by atoms with Gasteiger partial charge in [0.1, 0.15) is 6.04 Å². The van der Waals surface area contributed by atoms with Gasteiger partial charge in [0.25, 0.3) is 0 Å². The van der Waals surface area contributed by atoms with E-state index in [1.54, 1.807) is 14.0 Å². The highest BCUT2D eigenvalue weighted by molar-refractivity contribution is 7.80. The lowest BCUT2D eigenvalue weighted by molar-refractivity contribution is -0.133. The van der Waals surface area contributed by atoms with Crippen LogP contribution in [0.3, 0.4) is 0 Å². The summed E-state index contributed by atoms with van der Waals surface area (Å²) in [4.78, 5) is 24.6. The smallest absolute Gasteiger partial charge is 0.242 e. The first kappa shape index (κ1) is 17.8. The number of amides is 2. The van der Waals surface area contributed by atoms with E-state index in [4.69, 9.17) is 22.7 Å². The van der Waals surface area contributed by atoms with E-state index in [9.17, 15) is 9.59 Å². The number of hydrogen-bond acceptors (Lipinski definition) is 4. The van der Waals surface area contributed by atoms with Crippen molar-refractivity contribution >= 4 is 29.0 Å². The van der Waals surface area contributed by atoms with Gasteiger partial charge in [0.2, 0.25) is 11.8 Å². The molecule has 0 saturated heterocycles. The topological polar surface area (TPSA) is 93.5 Å². The van der Waals surface area contributed by atoms with Crippen molar-refractivity contribution in [1.29, 1.82) is 0 Å². The molecule has 0 aliphatic heterocycles. The van der Waals surface area contributed by atoms with Crippen LogP contribution < -0.4 is 16.4 Å². The van der Waals surface area contributed by atoms with Gasteiger partial charge in [-0.3, -0.25) is 9.59 Å². The van der Waals surface area contributed by atoms with Crippen LogP contribution in [0.15, 0.2) is 0 Å². The van der Waals surface area contributed by atoms with Gasteiger partial charge in [0.15, 0.2) is 0 Å². The quantitative estimate of drug-likeness (QED) is 0.470. The molecule has 1 saturated carbocycles. The summed E-state index contributed by atoms with van der Waals surface area (Å²) in [6.45, 7) is 2.50. The highest BCUT2D eigenvalue weighted by atomic mass is 32.1. The Morgan fingerprint density at radius 2 is 1.95 bits per heavy atom. The van der Waals surface area contributed by atoms with E-state index >= 15 is 0 Å². The summed E-state index contributed by atoms with van der Waals surface area (Å²) in [5, 5.41) is 5.43. The van der Waals surface area contributed by atoms with Gasteiger partial charge in [-0.2, -0.15) is 0 Å². The monoisotopic (exact) mass is 315 g/mol. The predicted molar refractivity (Wildman–Crippen MR) is 84.8 cm³/mol. The minimum atomic E-state index is -0.797. The molecule has 1 unspecified atom stereocenters. The van der Waals surface area contributed by atoms with E-state index in [0.717, 1.165) is 19.3 Å². The lowest BCUT2D eigenvalue weighted by Crippen LogP contribution is -2.55. The normalized spacial score (nSPS) is 18.6. The SMILES string of the molecule is COCCNC(=O)C(C)NC(=O)C1(C(N)=S)CCCCC1. The van der Waals surface area contributed by atoms with Gasteiger partial charge in [-0.1, -0.05) is 31.5 Å². The van der Waals surface area contributed by atoms with E-state index in [-0.39, 0.29) is 16.8 Å². The van der Waals surface area contributed by atoms with Crippen molar-refractivity contribution in [2.75, 3.05) is 20.3 Å². The van der Waals surface area contributed by atoms with E-state index in [2.05, 4.69) is 10.6 Å². The van der Waals surface area contributed by atoms with Crippen LogP contribution in [0.5, 0.6) is 0 Å². The molecule has 0 aromatic carbocycles. The van der Waals surface area contributed by atoms with Crippen molar-refractivity contribution in [3.8, 4) is 0 Å². The molecule has 0 bridgehead atoms. The number of ether oxygens (including phenoxy) is 1. The van der Waals surface area contributed by atoms with Crippen molar-refractivity contribution in [3.63, 3.8) is 0 Å². The molecule has 6 nitrogen and oxygen atoms in total. The first-order valence-corrected chi connectivity index (χ1v) is 7.72. The van der Waals surface area contributed by atoms with Gasteiger partial charge in [-0.25, -0.2) is 0 Å². The Hall–Kier alpha value is -1.21. The highest BCUT2D eigenvalue weighted by Gasteiger charge is 2.43. The van der Waals surface area contributed by atoms with Crippen LogP contribution in [0.25, 0.3) is 0 Å². The average Bonchev–Trinajstić information content (AvgIpc) is 2.47. The highest BCUT2D eigenvalue weighted by Crippen LogP contribution is 2.37. The van der Waals surface area contributed by atoms with E-state index in [1.165, 1.54) is 0 Å². The second-order valence-electron chi connectivity index (χ2n) is 5.49. The van der Waals surface area contributed by atoms with Crippen LogP contribution in [-0.4, -0.2) is 43.1 Å². The van der Waals surface area contributed by atoms with Gasteiger partial charge < -0.3 is 21.1 Å². The molecular formula is C14H25N3O3S. The molecular weight excluding hydrogens is 290 g/mol. The van der Waals surface area contributed by atoms with Crippen molar-refractivity contribution in [2.45, 2.75) is 45.1 Å². The summed E-state index contributed by atoms with van der Waals surface area (Å²) in [5.74, 6) is -0.474. The summed E-state index contributed by atoms with van der Waals surface area (Å²) in [6, 6.07) is -0.623. The van der Waals surface area contributed by atoms with Crippen LogP contribution in [0, 0.1) is 5.41 Å². The molecule has 0 aromatic heterocycles. The van der Waals surface area contributed by atoms with Crippen LogP contribution in [0.1, 0.15) is 39.0 Å². The van der Waals surface area contributed by atoms with Crippen molar-refractivity contribution in [2.24, 2.45) is 11.1 Å². The Bertz CT molecular complexity index is 395. The zero-order valence-corrected chi connectivity index (χ0v) is 13.6. The largest absolute Gasteiger partial charge is 0.392 e. The molecule has 1 aliphatic carbocycles. The van der Waals surface area contributed by atoms with Gasteiger partial charge in [-0.15, -0.1) is 0 Å². The maximum absolute atomic E-state index is 12.5. The Morgan fingerprint density at radius 3 is 2.48 bits per heavy atom. The van der Waals surface area contributed by atoms with Crippen LogP contribution in [-0.2, 0) is 14.3 Å². The predicted octanol–water partition coefficient (Wildman–Crippen LogP) is 0.490. The van der Waals surface area contributed by atoms with E-state index < -0.39 is 11.5 Å². The summed E-state index contributed by atoms with van der Waals surface area (Å²) in [6.07, 6.45) is 4.27. The molecule has 7 heteroatoms. The van der Waals surface area contributed by atoms with Gasteiger partial charge >= 0.3 is 0 Å². The van der Waals surface area contributed by atoms with Gasteiger partial charge in [-0.05, 0) is 19.8 Å². The number of carbonyl (C=O) groups is 2. The summed E-state index contributed by atoms with van der Waals surface area (Å²) in [7, 11) is 1.56. The summed E-state index contributed by atoms with van der Waals surface area (Å²) in [5.41, 5.74) is 5.01. The number of nitrogens with two attached hydrogens (primary N) is 1. The number of methoxy groups -OCH3 is 1. The zero-order valence-electron chi connectivity index (χ0n) is 12.7. The van der Waals surface area contributed by atoms with E-state index in [1.807, 2.05) is 0 Å². The molecule has 1 atom stereocenters. The average molecular weight is 315 g/mol. The molecule has 21 heavy (non-hydrogen) atoms. The van der Waals surface area contributed by atoms with Gasteiger partial charge in [0.05, 0.1) is 17.0 Å². The zero-order chi connectivity index (χ0) is 15.9. The maximum atomic E-state index is 12.5. The minimum Gasteiger partial charge on any atom is -0.392 e. The fraction of sp³-hybridized carbons (Fsp3) is 0.786. The van der Waals surface area contributed by atoms with Gasteiger partial charge in [0, 0.05) is 13.7 Å². The minimum absolute atomic E-state index is 0.228. The molecule has 1 aliphatic rings. The van der Waals surface area contributed by atoms with Crippen LogP contribution in [0.2, 0.25) is 0 Å². The number of rotatable bonds is 7. The molecule has 1 fully saturated rings. The standard InChI is InChI=1S/C14H25N3O3S/c1-10(11(18)16-8-9-20-2)17-13(19)14(12(15)21)6-4-3-5-7-14/h10H,3-9H2,1-2H3,(H2,15,21)(H,16,18)(H,17,19). The first-order valence-electron chi connectivity index (χ1n) is 7.31. The molecule has 0 aromatic rings. The second-order valence-corrected chi connectivity index (χ2v) is 5.93. The number of thiocarbonyl (C=S) groups is 1. The number of hydrogen-bond donors (Lipinski definition) is 3. The third-order valence-corrected chi connectivity index (χ3v) is 4.35. The fourth-order valence-electron chi connectivity index (χ4n) is 2.57. The van der Waals surface area contributed by atoms with Crippen molar-refractivity contribution < 1.29 is 14.3 Å². The molecule has 0 heterocycles. The lowest BCUT2D eigenvalue weighted by Gasteiger charge is -2.35. The third kappa shape index (κ3) is 4.64.